The van der Waals surface area contributed by atoms with Gasteiger partial charge in [-0.25, -0.2) is 0 Å². The first-order valence-corrected chi connectivity index (χ1v) is 7.26. The quantitative estimate of drug-likeness (QED) is 0.896. The maximum Gasteiger partial charge on any atom is 0.225 e. The summed E-state index contributed by atoms with van der Waals surface area (Å²) in [5.41, 5.74) is 2.98. The summed E-state index contributed by atoms with van der Waals surface area (Å²) in [6.45, 7) is 4.71. The molecule has 1 unspecified atom stereocenters. The first-order chi connectivity index (χ1) is 9.19. The molecule has 110 valence electrons. The van der Waals surface area contributed by atoms with Crippen molar-refractivity contribution in [1.29, 1.82) is 0 Å². The number of nitrogens with one attached hydrogen (secondary N) is 2. The molecule has 2 aliphatic rings. The van der Waals surface area contributed by atoms with E-state index in [0.29, 0.717) is 0 Å². The molecule has 1 heterocycles. The number of amides is 1. The normalized spacial score (nSPS) is 25.1. The molecule has 1 fully saturated rings. The smallest absolute Gasteiger partial charge is 0.225 e. The Labute approximate surface area is 126 Å². The molecule has 0 bridgehead atoms. The van der Waals surface area contributed by atoms with Gasteiger partial charge in [-0.3, -0.25) is 4.79 Å². The summed E-state index contributed by atoms with van der Waals surface area (Å²) >= 11 is 0. The van der Waals surface area contributed by atoms with Crippen molar-refractivity contribution in [3.63, 3.8) is 0 Å². The van der Waals surface area contributed by atoms with E-state index in [0.717, 1.165) is 26.1 Å². The number of carbonyl (C=O) groups is 1. The van der Waals surface area contributed by atoms with E-state index < -0.39 is 0 Å². The van der Waals surface area contributed by atoms with Crippen LogP contribution in [0.4, 0.5) is 0 Å². The average molecular weight is 295 g/mol. The molecule has 1 aliphatic heterocycles. The van der Waals surface area contributed by atoms with Gasteiger partial charge in [-0.2, -0.15) is 0 Å². The fourth-order valence-corrected chi connectivity index (χ4v) is 3.22. The van der Waals surface area contributed by atoms with Crippen LogP contribution in [0.2, 0.25) is 0 Å². The zero-order valence-electron chi connectivity index (χ0n) is 11.9. The summed E-state index contributed by atoms with van der Waals surface area (Å²) in [5, 5.41) is 6.30. The maximum atomic E-state index is 12.0. The van der Waals surface area contributed by atoms with E-state index in [-0.39, 0.29) is 29.6 Å². The van der Waals surface area contributed by atoms with Gasteiger partial charge in [0.15, 0.2) is 0 Å². The van der Waals surface area contributed by atoms with Crippen molar-refractivity contribution in [1.82, 2.24) is 10.6 Å². The fraction of sp³-hybridized carbons (Fsp3) is 0.562. The first kappa shape index (κ1) is 15.3. The van der Waals surface area contributed by atoms with Crippen LogP contribution >= 0.6 is 12.4 Å². The molecule has 0 spiro atoms. The van der Waals surface area contributed by atoms with Crippen molar-refractivity contribution in [2.45, 2.75) is 31.6 Å². The van der Waals surface area contributed by atoms with Crippen LogP contribution in [0.15, 0.2) is 24.3 Å². The minimum absolute atomic E-state index is 0. The lowest BCUT2D eigenvalue weighted by Gasteiger charge is -2.37. The summed E-state index contributed by atoms with van der Waals surface area (Å²) in [6.07, 6.45) is 3.55. The maximum absolute atomic E-state index is 12.0. The van der Waals surface area contributed by atoms with Crippen LogP contribution < -0.4 is 10.6 Å². The van der Waals surface area contributed by atoms with Gasteiger partial charge in [0.1, 0.15) is 0 Å². The van der Waals surface area contributed by atoms with Gasteiger partial charge >= 0.3 is 0 Å². The summed E-state index contributed by atoms with van der Waals surface area (Å²) < 4.78 is 0. The average Bonchev–Trinajstić information content (AvgIpc) is 2.35. The van der Waals surface area contributed by atoms with E-state index in [1.54, 1.807) is 0 Å². The molecule has 3 nitrogen and oxygen atoms in total. The van der Waals surface area contributed by atoms with Crippen molar-refractivity contribution in [3.8, 4) is 0 Å². The minimum Gasteiger partial charge on any atom is -0.355 e. The lowest BCUT2D eigenvalue weighted by atomic mass is 9.71. The summed E-state index contributed by atoms with van der Waals surface area (Å²) in [7, 11) is 0. The third kappa shape index (κ3) is 2.84. The molecule has 4 heteroatoms. The SMILES string of the molecule is CC1(CNC(=O)C2CNC2)CCCc2ccccc21.Cl. The van der Waals surface area contributed by atoms with Gasteiger partial charge in [0.25, 0.3) is 0 Å². The Kier molecular flexibility index (Phi) is 4.71. The monoisotopic (exact) mass is 294 g/mol. The Hall–Kier alpha value is -1.06. The third-order valence-corrected chi connectivity index (χ3v) is 4.65. The summed E-state index contributed by atoms with van der Waals surface area (Å²) in [6, 6.07) is 8.68. The molecule has 0 radical (unpaired) electrons. The van der Waals surface area contributed by atoms with E-state index in [9.17, 15) is 4.79 Å². The van der Waals surface area contributed by atoms with Gasteiger partial charge in [-0.15, -0.1) is 12.4 Å². The van der Waals surface area contributed by atoms with Crippen LogP contribution in [0.25, 0.3) is 0 Å². The summed E-state index contributed by atoms with van der Waals surface area (Å²) in [4.78, 5) is 12.0. The molecule has 1 atom stereocenters. The molecule has 0 aromatic heterocycles. The molecule has 3 rings (SSSR count). The number of rotatable bonds is 3. The van der Waals surface area contributed by atoms with Crippen molar-refractivity contribution < 1.29 is 4.79 Å². The van der Waals surface area contributed by atoms with E-state index >= 15 is 0 Å². The molecule has 1 saturated heterocycles. The number of halogens is 1. The number of hydrogen-bond acceptors (Lipinski definition) is 2. The standard InChI is InChI=1S/C16H22N2O.ClH/c1-16(11-18-15(19)13-9-17-10-13)8-4-6-12-5-2-3-7-14(12)16;/h2-3,5,7,13,17H,4,6,8-11H2,1H3,(H,18,19);1H. The first-order valence-electron chi connectivity index (χ1n) is 7.26. The number of hydrogen-bond donors (Lipinski definition) is 2. The summed E-state index contributed by atoms with van der Waals surface area (Å²) in [5.74, 6) is 0.394. The van der Waals surface area contributed by atoms with Crippen molar-refractivity contribution in [2.24, 2.45) is 5.92 Å². The van der Waals surface area contributed by atoms with E-state index in [1.807, 2.05) is 0 Å². The molecule has 1 aromatic carbocycles. The Morgan fingerprint density at radius 1 is 1.40 bits per heavy atom. The zero-order chi connectivity index (χ0) is 13.3. The largest absolute Gasteiger partial charge is 0.355 e. The molecule has 1 aromatic rings. The lowest BCUT2D eigenvalue weighted by molar-refractivity contribution is -0.126. The Balaban J connectivity index is 0.00000147. The predicted octanol–water partition coefficient (Wildman–Crippen LogP) is 2.04. The Morgan fingerprint density at radius 2 is 2.15 bits per heavy atom. The van der Waals surface area contributed by atoms with Crippen molar-refractivity contribution >= 4 is 18.3 Å². The molecule has 1 aliphatic carbocycles. The van der Waals surface area contributed by atoms with E-state index in [4.69, 9.17) is 0 Å². The van der Waals surface area contributed by atoms with E-state index in [1.165, 1.54) is 24.0 Å². The second-order valence-electron chi connectivity index (χ2n) is 6.14. The highest BCUT2D eigenvalue weighted by Crippen LogP contribution is 2.36. The van der Waals surface area contributed by atoms with Crippen LogP contribution in [0.5, 0.6) is 0 Å². The van der Waals surface area contributed by atoms with Crippen LogP contribution in [-0.4, -0.2) is 25.5 Å². The van der Waals surface area contributed by atoms with Crippen molar-refractivity contribution in [3.05, 3.63) is 35.4 Å². The highest BCUT2D eigenvalue weighted by molar-refractivity contribution is 5.85. The molecule has 20 heavy (non-hydrogen) atoms. The highest BCUT2D eigenvalue weighted by atomic mass is 35.5. The van der Waals surface area contributed by atoms with Crippen LogP contribution in [0.1, 0.15) is 30.9 Å². The van der Waals surface area contributed by atoms with Gasteiger partial charge in [-0.1, -0.05) is 31.2 Å². The van der Waals surface area contributed by atoms with Gasteiger partial charge in [-0.05, 0) is 30.4 Å². The Bertz CT molecular complexity index is 487. The molecule has 1 amide bonds. The topological polar surface area (TPSA) is 41.1 Å². The minimum atomic E-state index is 0. The number of fused-ring (bicyclic) bond motifs is 1. The molecule has 2 N–H and O–H groups in total. The van der Waals surface area contributed by atoms with E-state index in [2.05, 4.69) is 41.8 Å². The second kappa shape index (κ2) is 6.15. The number of aryl methyl sites for hydroxylation is 1. The van der Waals surface area contributed by atoms with Gasteiger partial charge < -0.3 is 10.6 Å². The van der Waals surface area contributed by atoms with Gasteiger partial charge in [0.05, 0.1) is 5.92 Å². The van der Waals surface area contributed by atoms with Gasteiger partial charge in [0.2, 0.25) is 5.91 Å². The van der Waals surface area contributed by atoms with Crippen molar-refractivity contribution in [2.75, 3.05) is 19.6 Å². The molecular formula is C16H23ClN2O. The zero-order valence-corrected chi connectivity index (χ0v) is 12.8. The molecule has 0 saturated carbocycles. The van der Waals surface area contributed by atoms with Crippen LogP contribution in [-0.2, 0) is 16.6 Å². The molecular weight excluding hydrogens is 272 g/mol. The Morgan fingerprint density at radius 3 is 2.85 bits per heavy atom. The van der Waals surface area contributed by atoms with Gasteiger partial charge in [0, 0.05) is 25.0 Å². The van der Waals surface area contributed by atoms with Crippen LogP contribution in [0, 0.1) is 5.92 Å². The second-order valence-corrected chi connectivity index (χ2v) is 6.14. The third-order valence-electron chi connectivity index (χ3n) is 4.65. The highest BCUT2D eigenvalue weighted by Gasteiger charge is 2.33. The van der Waals surface area contributed by atoms with Crippen LogP contribution in [0.3, 0.4) is 0 Å². The predicted molar refractivity (Wildman–Crippen MR) is 83.3 cm³/mol. The lowest BCUT2D eigenvalue weighted by Crippen LogP contribution is -2.52. The number of benzene rings is 1. The number of carbonyl (C=O) groups excluding carboxylic acids is 1. The fourth-order valence-electron chi connectivity index (χ4n) is 3.22.